The van der Waals surface area contributed by atoms with Gasteiger partial charge in [0.1, 0.15) is 11.6 Å². The smallest absolute Gasteiger partial charge is 0.232 e. The lowest BCUT2D eigenvalue weighted by atomic mass is 10.2. The highest BCUT2D eigenvalue weighted by Gasteiger charge is 2.04. The van der Waals surface area contributed by atoms with Gasteiger partial charge in [-0.25, -0.2) is 4.98 Å². The Morgan fingerprint density at radius 2 is 2.28 bits per heavy atom. The molecule has 18 heavy (non-hydrogen) atoms. The van der Waals surface area contributed by atoms with Crippen molar-refractivity contribution in [2.75, 3.05) is 13.2 Å². The normalized spacial score (nSPS) is 11.4. The summed E-state index contributed by atoms with van der Waals surface area (Å²) in [6, 6.07) is 1.90. The molecule has 0 atom stereocenters. The van der Waals surface area contributed by atoms with Crippen molar-refractivity contribution in [1.82, 2.24) is 10.3 Å². The molecule has 0 bridgehead atoms. The van der Waals surface area contributed by atoms with E-state index in [2.05, 4.69) is 24.1 Å². The Bertz CT molecular complexity index is 391. The molecule has 3 nitrogen and oxygen atoms in total. The molecule has 4 heteroatoms. The van der Waals surface area contributed by atoms with Crippen LogP contribution in [0.4, 0.5) is 0 Å². The summed E-state index contributed by atoms with van der Waals surface area (Å²) in [6.07, 6.45) is 5.64. The first-order valence-electron chi connectivity index (χ1n) is 6.22. The third-order valence-electron chi connectivity index (χ3n) is 2.30. The van der Waals surface area contributed by atoms with Crippen molar-refractivity contribution in [2.45, 2.75) is 27.3 Å². The van der Waals surface area contributed by atoms with Gasteiger partial charge >= 0.3 is 0 Å². The SMILES string of the molecule is CC=CCOc1ncc(CNCC(C)C)cc1Cl. The van der Waals surface area contributed by atoms with Gasteiger partial charge < -0.3 is 10.1 Å². The molecule has 0 aliphatic heterocycles. The molecule has 0 aliphatic carbocycles. The van der Waals surface area contributed by atoms with Crippen LogP contribution in [-0.2, 0) is 6.54 Å². The molecule has 0 saturated carbocycles. The lowest BCUT2D eigenvalue weighted by Crippen LogP contribution is -2.19. The maximum Gasteiger partial charge on any atom is 0.232 e. The molecule has 1 aromatic rings. The highest BCUT2D eigenvalue weighted by Crippen LogP contribution is 2.22. The van der Waals surface area contributed by atoms with Crippen LogP contribution in [-0.4, -0.2) is 18.1 Å². The van der Waals surface area contributed by atoms with E-state index in [0.29, 0.717) is 23.4 Å². The van der Waals surface area contributed by atoms with Gasteiger partial charge in [0, 0.05) is 12.7 Å². The summed E-state index contributed by atoms with van der Waals surface area (Å²) in [4.78, 5) is 4.22. The molecule has 0 aromatic carbocycles. The summed E-state index contributed by atoms with van der Waals surface area (Å²) in [5.41, 5.74) is 1.07. The second-order valence-electron chi connectivity index (χ2n) is 4.54. The maximum atomic E-state index is 6.11. The monoisotopic (exact) mass is 268 g/mol. The van der Waals surface area contributed by atoms with E-state index in [1.54, 1.807) is 6.20 Å². The Morgan fingerprint density at radius 3 is 2.89 bits per heavy atom. The first-order valence-corrected chi connectivity index (χ1v) is 6.60. The number of hydrogen-bond acceptors (Lipinski definition) is 3. The predicted molar refractivity (Wildman–Crippen MR) is 76.1 cm³/mol. The number of hydrogen-bond donors (Lipinski definition) is 1. The Balaban J connectivity index is 2.50. The average molecular weight is 269 g/mol. The van der Waals surface area contributed by atoms with E-state index in [1.807, 2.05) is 25.1 Å². The van der Waals surface area contributed by atoms with Gasteiger partial charge in [0.15, 0.2) is 0 Å². The molecule has 0 spiro atoms. The van der Waals surface area contributed by atoms with Crippen molar-refractivity contribution in [1.29, 1.82) is 0 Å². The zero-order valence-electron chi connectivity index (χ0n) is 11.2. The van der Waals surface area contributed by atoms with Crippen molar-refractivity contribution in [3.05, 3.63) is 35.0 Å². The van der Waals surface area contributed by atoms with Crippen molar-refractivity contribution >= 4 is 11.6 Å². The summed E-state index contributed by atoms with van der Waals surface area (Å²) in [7, 11) is 0. The lowest BCUT2D eigenvalue weighted by molar-refractivity contribution is 0.348. The van der Waals surface area contributed by atoms with Gasteiger partial charge in [-0.15, -0.1) is 0 Å². The fourth-order valence-electron chi connectivity index (χ4n) is 1.40. The lowest BCUT2D eigenvalue weighted by Gasteiger charge is -2.09. The van der Waals surface area contributed by atoms with E-state index >= 15 is 0 Å². The molecule has 0 amide bonds. The molecular weight excluding hydrogens is 248 g/mol. The molecule has 1 heterocycles. The Morgan fingerprint density at radius 1 is 1.50 bits per heavy atom. The Labute approximate surface area is 114 Å². The second-order valence-corrected chi connectivity index (χ2v) is 4.94. The van der Waals surface area contributed by atoms with Crippen LogP contribution in [0.3, 0.4) is 0 Å². The maximum absolute atomic E-state index is 6.11. The van der Waals surface area contributed by atoms with Gasteiger partial charge in [-0.3, -0.25) is 0 Å². The molecule has 0 saturated heterocycles. The van der Waals surface area contributed by atoms with E-state index in [-0.39, 0.29) is 0 Å². The fraction of sp³-hybridized carbons (Fsp3) is 0.500. The third kappa shape index (κ3) is 5.52. The number of ether oxygens (including phenoxy) is 1. The quantitative estimate of drug-likeness (QED) is 0.770. The van der Waals surface area contributed by atoms with Crippen molar-refractivity contribution in [3.8, 4) is 5.88 Å². The number of rotatable bonds is 7. The van der Waals surface area contributed by atoms with Gasteiger partial charge in [-0.05, 0) is 31.0 Å². The molecule has 0 unspecified atom stereocenters. The zero-order chi connectivity index (χ0) is 13.4. The highest BCUT2D eigenvalue weighted by molar-refractivity contribution is 6.31. The van der Waals surface area contributed by atoms with Gasteiger partial charge in [-0.2, -0.15) is 0 Å². The molecule has 1 rings (SSSR count). The highest BCUT2D eigenvalue weighted by atomic mass is 35.5. The summed E-state index contributed by atoms with van der Waals surface area (Å²) in [5, 5.41) is 3.91. The third-order valence-corrected chi connectivity index (χ3v) is 2.57. The zero-order valence-corrected chi connectivity index (χ0v) is 12.0. The Kier molecular flexibility index (Phi) is 6.76. The molecule has 0 aliphatic rings. The van der Waals surface area contributed by atoms with E-state index < -0.39 is 0 Å². The van der Waals surface area contributed by atoms with Gasteiger partial charge in [0.05, 0.1) is 0 Å². The molecule has 0 fully saturated rings. The van der Waals surface area contributed by atoms with Crippen LogP contribution in [0.1, 0.15) is 26.3 Å². The largest absolute Gasteiger partial charge is 0.472 e. The van der Waals surface area contributed by atoms with Gasteiger partial charge in [0.25, 0.3) is 0 Å². The number of allylic oxidation sites excluding steroid dienone is 1. The summed E-state index contributed by atoms with van der Waals surface area (Å²) in [5.74, 6) is 1.12. The predicted octanol–water partition coefficient (Wildman–Crippen LogP) is 3.44. The van der Waals surface area contributed by atoms with E-state index in [9.17, 15) is 0 Å². The second kappa shape index (κ2) is 8.11. The minimum atomic E-state index is 0.488. The van der Waals surface area contributed by atoms with Crippen molar-refractivity contribution < 1.29 is 4.74 Å². The van der Waals surface area contributed by atoms with E-state index in [0.717, 1.165) is 18.7 Å². The van der Waals surface area contributed by atoms with Crippen LogP contribution in [0.2, 0.25) is 5.02 Å². The van der Waals surface area contributed by atoms with Crippen molar-refractivity contribution in [3.63, 3.8) is 0 Å². The number of pyridine rings is 1. The first-order chi connectivity index (χ1) is 8.63. The standard InChI is InChI=1S/C14H21ClN2O/c1-4-5-6-18-14-13(15)7-12(10-17-14)9-16-8-11(2)3/h4-5,7,10-11,16H,6,8-9H2,1-3H3. The van der Waals surface area contributed by atoms with Crippen LogP contribution in [0.15, 0.2) is 24.4 Å². The van der Waals surface area contributed by atoms with E-state index in [1.165, 1.54) is 0 Å². The minimum Gasteiger partial charge on any atom is -0.472 e. The van der Waals surface area contributed by atoms with Crippen LogP contribution in [0.25, 0.3) is 0 Å². The number of halogens is 1. The molecule has 0 radical (unpaired) electrons. The van der Waals surface area contributed by atoms with Crippen LogP contribution in [0, 0.1) is 5.92 Å². The number of nitrogens with one attached hydrogen (secondary N) is 1. The summed E-state index contributed by atoms with van der Waals surface area (Å²) in [6.45, 7) is 8.56. The van der Waals surface area contributed by atoms with Gasteiger partial charge in [0.2, 0.25) is 5.88 Å². The van der Waals surface area contributed by atoms with E-state index in [4.69, 9.17) is 16.3 Å². The van der Waals surface area contributed by atoms with Crippen LogP contribution in [0.5, 0.6) is 5.88 Å². The Hall–Kier alpha value is -1.06. The van der Waals surface area contributed by atoms with Crippen LogP contribution < -0.4 is 10.1 Å². The molecule has 1 aromatic heterocycles. The summed E-state index contributed by atoms with van der Waals surface area (Å²) >= 11 is 6.11. The average Bonchev–Trinajstić information content (AvgIpc) is 2.31. The molecular formula is C14H21ClN2O. The fourth-order valence-corrected chi connectivity index (χ4v) is 1.64. The minimum absolute atomic E-state index is 0.488. The molecule has 100 valence electrons. The number of aromatic nitrogens is 1. The van der Waals surface area contributed by atoms with Crippen molar-refractivity contribution in [2.24, 2.45) is 5.92 Å². The topological polar surface area (TPSA) is 34.1 Å². The first kappa shape index (κ1) is 15.0. The van der Waals surface area contributed by atoms with Crippen LogP contribution >= 0.6 is 11.6 Å². The molecule has 1 N–H and O–H groups in total. The summed E-state index contributed by atoms with van der Waals surface area (Å²) < 4.78 is 5.42. The van der Waals surface area contributed by atoms with Gasteiger partial charge in [-0.1, -0.05) is 37.6 Å². The number of nitrogens with zero attached hydrogens (tertiary/aromatic N) is 1.